The molecule has 1 aromatic heterocycles. The average Bonchev–Trinajstić information content (AvgIpc) is 2.45. The molecule has 1 nitrogen and oxygen atoms in total. The van der Waals surface area contributed by atoms with Crippen LogP contribution in [0, 0.1) is 5.82 Å². The van der Waals surface area contributed by atoms with Crippen molar-refractivity contribution in [2.75, 3.05) is 0 Å². The number of allylic oxidation sites excluding steroid dienone is 1. The molecule has 2 rings (SSSR count). The van der Waals surface area contributed by atoms with Crippen LogP contribution in [0.3, 0.4) is 0 Å². The van der Waals surface area contributed by atoms with Gasteiger partial charge in [0, 0.05) is 18.2 Å². The summed E-state index contributed by atoms with van der Waals surface area (Å²) in [7, 11) is 0. The highest BCUT2D eigenvalue weighted by Crippen LogP contribution is 2.25. The molecule has 0 saturated carbocycles. The number of halogens is 2. The van der Waals surface area contributed by atoms with Crippen LogP contribution in [-0.2, 0) is 6.42 Å². The maximum atomic E-state index is 13.2. The molecular formula is C8H5BrFN. The molecule has 0 amide bonds. The summed E-state index contributed by atoms with van der Waals surface area (Å²) in [5, 5.41) is 0. The summed E-state index contributed by atoms with van der Waals surface area (Å²) in [6, 6.07) is 0. The Bertz CT molecular complexity index is 333. The first kappa shape index (κ1) is 6.98. The van der Waals surface area contributed by atoms with Crippen molar-refractivity contribution in [3.05, 3.63) is 33.8 Å². The van der Waals surface area contributed by atoms with Crippen molar-refractivity contribution < 1.29 is 4.39 Å². The monoisotopic (exact) mass is 213 g/mol. The Morgan fingerprint density at radius 1 is 1.55 bits per heavy atom. The van der Waals surface area contributed by atoms with Gasteiger partial charge in [0.25, 0.3) is 0 Å². The highest BCUT2D eigenvalue weighted by molar-refractivity contribution is 9.10. The van der Waals surface area contributed by atoms with Gasteiger partial charge in [-0.3, -0.25) is 4.98 Å². The third-order valence-corrected chi connectivity index (χ3v) is 2.24. The van der Waals surface area contributed by atoms with E-state index in [0.29, 0.717) is 10.0 Å². The quantitative estimate of drug-likeness (QED) is 0.646. The Balaban J connectivity index is 2.70. The fourth-order valence-corrected chi connectivity index (χ4v) is 1.45. The van der Waals surface area contributed by atoms with E-state index in [4.69, 9.17) is 0 Å². The smallest absolute Gasteiger partial charge is 0.147 e. The molecule has 1 aliphatic carbocycles. The molecule has 0 saturated heterocycles. The molecule has 0 atom stereocenters. The second-order valence-electron chi connectivity index (χ2n) is 2.39. The molecule has 1 aliphatic rings. The number of nitrogens with zero attached hydrogens (tertiary/aromatic N) is 1. The van der Waals surface area contributed by atoms with Gasteiger partial charge in [0.15, 0.2) is 0 Å². The maximum absolute atomic E-state index is 13.2. The lowest BCUT2D eigenvalue weighted by Crippen LogP contribution is -1.92. The molecule has 1 heterocycles. The Labute approximate surface area is 72.1 Å². The Hall–Kier alpha value is -0.700. The van der Waals surface area contributed by atoms with Gasteiger partial charge in [-0.05, 0) is 15.9 Å². The predicted octanol–water partition coefficient (Wildman–Crippen LogP) is 2.55. The number of fused-ring (bicyclic) bond motifs is 1. The highest BCUT2D eigenvalue weighted by Gasteiger charge is 2.13. The van der Waals surface area contributed by atoms with Crippen molar-refractivity contribution in [1.29, 1.82) is 0 Å². The molecule has 11 heavy (non-hydrogen) atoms. The molecule has 0 bridgehead atoms. The van der Waals surface area contributed by atoms with E-state index >= 15 is 0 Å². The van der Waals surface area contributed by atoms with E-state index in [2.05, 4.69) is 20.9 Å². The largest absolute Gasteiger partial charge is 0.259 e. The third kappa shape index (κ3) is 0.997. The van der Waals surface area contributed by atoms with Crippen molar-refractivity contribution in [3.8, 4) is 0 Å². The normalized spacial score (nSPS) is 13.6. The van der Waals surface area contributed by atoms with E-state index in [0.717, 1.165) is 12.1 Å². The van der Waals surface area contributed by atoms with Crippen LogP contribution in [0.25, 0.3) is 6.08 Å². The van der Waals surface area contributed by atoms with E-state index in [1.807, 2.05) is 6.08 Å². The van der Waals surface area contributed by atoms with Crippen LogP contribution in [0.15, 0.2) is 16.7 Å². The topological polar surface area (TPSA) is 12.9 Å². The third-order valence-electron chi connectivity index (χ3n) is 1.69. The van der Waals surface area contributed by atoms with Gasteiger partial charge in [0.1, 0.15) is 5.82 Å². The molecule has 0 spiro atoms. The van der Waals surface area contributed by atoms with Gasteiger partial charge < -0.3 is 0 Å². The van der Waals surface area contributed by atoms with Gasteiger partial charge in [0.05, 0.1) is 10.2 Å². The van der Waals surface area contributed by atoms with E-state index in [1.54, 1.807) is 6.08 Å². The van der Waals surface area contributed by atoms with Gasteiger partial charge in [-0.25, -0.2) is 4.39 Å². The molecular weight excluding hydrogens is 209 g/mol. The number of pyridine rings is 1. The molecule has 56 valence electrons. The van der Waals surface area contributed by atoms with E-state index in [1.165, 1.54) is 6.20 Å². The SMILES string of the molecule is Fc1c(Br)cnc2c1C=CC2. The van der Waals surface area contributed by atoms with Crippen LogP contribution in [0.2, 0.25) is 0 Å². The van der Waals surface area contributed by atoms with Crippen molar-refractivity contribution in [2.24, 2.45) is 0 Å². The maximum Gasteiger partial charge on any atom is 0.147 e. The fourth-order valence-electron chi connectivity index (χ4n) is 1.14. The van der Waals surface area contributed by atoms with Gasteiger partial charge in [-0.15, -0.1) is 0 Å². The lowest BCUT2D eigenvalue weighted by molar-refractivity contribution is 0.614. The van der Waals surface area contributed by atoms with Crippen molar-refractivity contribution in [3.63, 3.8) is 0 Å². The van der Waals surface area contributed by atoms with Crippen molar-refractivity contribution in [1.82, 2.24) is 4.98 Å². The minimum atomic E-state index is -0.205. The molecule has 0 aliphatic heterocycles. The molecule has 0 aromatic carbocycles. The van der Waals surface area contributed by atoms with Crippen LogP contribution in [0.4, 0.5) is 4.39 Å². The molecule has 1 aromatic rings. The van der Waals surface area contributed by atoms with Crippen LogP contribution < -0.4 is 0 Å². The number of hydrogen-bond acceptors (Lipinski definition) is 1. The zero-order valence-corrected chi connectivity index (χ0v) is 7.23. The summed E-state index contributed by atoms with van der Waals surface area (Å²) in [5.74, 6) is -0.205. The first-order valence-corrected chi connectivity index (χ1v) is 4.08. The van der Waals surface area contributed by atoms with Crippen molar-refractivity contribution >= 4 is 22.0 Å². The second-order valence-corrected chi connectivity index (χ2v) is 3.24. The lowest BCUT2D eigenvalue weighted by Gasteiger charge is -1.99. The van der Waals surface area contributed by atoms with Crippen LogP contribution >= 0.6 is 15.9 Å². The van der Waals surface area contributed by atoms with Gasteiger partial charge in [0.2, 0.25) is 0 Å². The standard InChI is InChI=1S/C8H5BrFN/c9-6-4-11-7-3-1-2-5(7)8(6)10/h1-2,4H,3H2. The predicted molar refractivity (Wildman–Crippen MR) is 44.6 cm³/mol. The summed E-state index contributed by atoms with van der Waals surface area (Å²) in [6.45, 7) is 0. The van der Waals surface area contributed by atoms with Gasteiger partial charge in [-0.2, -0.15) is 0 Å². The van der Waals surface area contributed by atoms with Crippen LogP contribution in [0.1, 0.15) is 11.3 Å². The van der Waals surface area contributed by atoms with E-state index in [-0.39, 0.29) is 5.82 Å². The minimum Gasteiger partial charge on any atom is -0.259 e. The summed E-state index contributed by atoms with van der Waals surface area (Å²) in [4.78, 5) is 4.07. The molecule has 3 heteroatoms. The summed E-state index contributed by atoms with van der Waals surface area (Å²) >= 11 is 3.08. The summed E-state index contributed by atoms with van der Waals surface area (Å²) in [5.41, 5.74) is 1.45. The van der Waals surface area contributed by atoms with Gasteiger partial charge >= 0.3 is 0 Å². The first-order chi connectivity index (χ1) is 5.29. The van der Waals surface area contributed by atoms with Crippen LogP contribution in [0.5, 0.6) is 0 Å². The van der Waals surface area contributed by atoms with E-state index < -0.39 is 0 Å². The number of hydrogen-bond donors (Lipinski definition) is 0. The fraction of sp³-hybridized carbons (Fsp3) is 0.125. The first-order valence-electron chi connectivity index (χ1n) is 3.28. The molecule has 0 radical (unpaired) electrons. The molecule has 0 N–H and O–H groups in total. The van der Waals surface area contributed by atoms with Gasteiger partial charge in [-0.1, -0.05) is 12.2 Å². The molecule has 0 fully saturated rings. The number of rotatable bonds is 0. The highest BCUT2D eigenvalue weighted by atomic mass is 79.9. The molecule has 0 unspecified atom stereocenters. The zero-order valence-electron chi connectivity index (χ0n) is 5.64. The Kier molecular flexibility index (Phi) is 1.53. The lowest BCUT2D eigenvalue weighted by atomic mass is 10.2. The number of aromatic nitrogens is 1. The summed E-state index contributed by atoms with van der Waals surface area (Å²) < 4.78 is 13.6. The Morgan fingerprint density at radius 2 is 2.36 bits per heavy atom. The van der Waals surface area contributed by atoms with Crippen LogP contribution in [-0.4, -0.2) is 4.98 Å². The zero-order chi connectivity index (χ0) is 7.84. The second kappa shape index (κ2) is 2.41. The summed E-state index contributed by atoms with van der Waals surface area (Å²) in [6.07, 6.45) is 5.93. The average molecular weight is 214 g/mol. The Morgan fingerprint density at radius 3 is 3.18 bits per heavy atom. The minimum absolute atomic E-state index is 0.205. The van der Waals surface area contributed by atoms with E-state index in [9.17, 15) is 4.39 Å². The van der Waals surface area contributed by atoms with Crippen molar-refractivity contribution in [2.45, 2.75) is 6.42 Å².